The molecule has 1 aromatic heterocycles. The monoisotopic (exact) mass is 280 g/mol. The van der Waals surface area contributed by atoms with Gasteiger partial charge in [0.05, 0.1) is 6.10 Å². The Hall–Kier alpha value is -1.73. The molecule has 0 spiro atoms. The fraction of sp³-hybridized carbons (Fsp3) is 0.615. The van der Waals surface area contributed by atoms with Gasteiger partial charge in [0, 0.05) is 13.2 Å². The van der Waals surface area contributed by atoms with Crippen molar-refractivity contribution in [3.05, 3.63) is 28.4 Å². The Balaban J connectivity index is 1.67. The first-order valence-corrected chi connectivity index (χ1v) is 6.93. The van der Waals surface area contributed by atoms with E-state index in [2.05, 4.69) is 15.6 Å². The molecule has 1 aliphatic heterocycles. The van der Waals surface area contributed by atoms with Crippen LogP contribution in [-0.4, -0.2) is 42.3 Å². The molecular formula is C13H20N4O3. The van der Waals surface area contributed by atoms with E-state index in [0.29, 0.717) is 24.9 Å². The second-order valence-corrected chi connectivity index (χ2v) is 4.73. The lowest BCUT2D eigenvalue weighted by Gasteiger charge is -2.22. The normalized spacial score (nSPS) is 16.0. The number of hydrogen-bond donors (Lipinski definition) is 2. The van der Waals surface area contributed by atoms with Crippen molar-refractivity contribution in [1.82, 2.24) is 10.3 Å². The molecule has 110 valence electrons. The summed E-state index contributed by atoms with van der Waals surface area (Å²) in [6.45, 7) is 3.35. The molecule has 0 bridgehead atoms. The summed E-state index contributed by atoms with van der Waals surface area (Å²) < 4.78 is 5.77. The molecule has 20 heavy (non-hydrogen) atoms. The van der Waals surface area contributed by atoms with Crippen LogP contribution in [0.2, 0.25) is 0 Å². The van der Waals surface area contributed by atoms with E-state index in [4.69, 9.17) is 4.74 Å². The summed E-state index contributed by atoms with van der Waals surface area (Å²) in [7, 11) is 0. The number of nitrogens with zero attached hydrogens (tertiary/aromatic N) is 2. The number of ether oxygens (including phenoxy) is 1. The Kier molecular flexibility index (Phi) is 5.69. The summed E-state index contributed by atoms with van der Waals surface area (Å²) in [6, 6.07) is 3.35. The summed E-state index contributed by atoms with van der Waals surface area (Å²) in [5.74, 6) is -0.133. The molecule has 2 N–H and O–H groups in total. The van der Waals surface area contributed by atoms with Crippen LogP contribution in [0, 0.1) is 10.1 Å². The molecule has 7 nitrogen and oxygen atoms in total. The van der Waals surface area contributed by atoms with E-state index in [1.165, 1.54) is 6.20 Å². The maximum absolute atomic E-state index is 10.8. The zero-order valence-corrected chi connectivity index (χ0v) is 11.4. The molecule has 2 heterocycles. The Labute approximate surface area is 117 Å². The van der Waals surface area contributed by atoms with Gasteiger partial charge in [0.15, 0.2) is 0 Å². The third-order valence-electron chi connectivity index (χ3n) is 3.24. The third kappa shape index (κ3) is 4.43. The lowest BCUT2D eigenvalue weighted by molar-refractivity contribution is -0.388. The smallest absolute Gasteiger partial charge is 0.378 e. The van der Waals surface area contributed by atoms with Crippen molar-refractivity contribution in [2.45, 2.75) is 25.4 Å². The number of nitrogens with one attached hydrogen (secondary N) is 2. The number of nitro groups is 1. The average molecular weight is 280 g/mol. The Morgan fingerprint density at radius 2 is 2.30 bits per heavy atom. The molecule has 0 saturated carbocycles. The van der Waals surface area contributed by atoms with E-state index >= 15 is 0 Å². The number of piperidine rings is 1. The molecule has 0 atom stereocenters. The number of anilines is 1. The number of aromatic nitrogens is 1. The lowest BCUT2D eigenvalue weighted by Crippen LogP contribution is -2.32. The lowest BCUT2D eigenvalue weighted by atomic mass is 10.1. The van der Waals surface area contributed by atoms with Gasteiger partial charge in [-0.2, -0.15) is 0 Å². The molecule has 1 aromatic rings. The fourth-order valence-corrected chi connectivity index (χ4v) is 2.19. The van der Waals surface area contributed by atoms with Crippen molar-refractivity contribution in [1.29, 1.82) is 0 Å². The van der Waals surface area contributed by atoms with Gasteiger partial charge in [0.2, 0.25) is 0 Å². The second-order valence-electron chi connectivity index (χ2n) is 4.73. The van der Waals surface area contributed by atoms with Crippen molar-refractivity contribution in [2.75, 3.05) is 31.6 Å². The van der Waals surface area contributed by atoms with Crippen LogP contribution in [0.15, 0.2) is 18.3 Å². The van der Waals surface area contributed by atoms with Gasteiger partial charge in [-0.1, -0.05) is 0 Å². The molecule has 0 aromatic carbocycles. The summed E-state index contributed by atoms with van der Waals surface area (Å²) in [5, 5.41) is 17.1. The van der Waals surface area contributed by atoms with Crippen LogP contribution in [-0.2, 0) is 4.74 Å². The van der Waals surface area contributed by atoms with Crippen molar-refractivity contribution < 1.29 is 9.66 Å². The van der Waals surface area contributed by atoms with Gasteiger partial charge in [-0.25, -0.2) is 0 Å². The molecule has 0 aliphatic carbocycles. The minimum Gasteiger partial charge on any atom is -0.378 e. The highest BCUT2D eigenvalue weighted by atomic mass is 16.6. The van der Waals surface area contributed by atoms with Gasteiger partial charge in [-0.3, -0.25) is 0 Å². The minimum absolute atomic E-state index is 0.133. The highest BCUT2D eigenvalue weighted by molar-refractivity contribution is 5.56. The predicted octanol–water partition coefficient (Wildman–Crippen LogP) is 1.56. The molecule has 7 heteroatoms. The van der Waals surface area contributed by atoms with E-state index in [0.717, 1.165) is 32.4 Å². The summed E-state index contributed by atoms with van der Waals surface area (Å²) in [4.78, 5) is 14.1. The van der Waals surface area contributed by atoms with Crippen LogP contribution in [0.4, 0.5) is 11.5 Å². The molecular weight excluding hydrogens is 260 g/mol. The summed E-state index contributed by atoms with van der Waals surface area (Å²) in [5.41, 5.74) is 0.458. The number of pyridine rings is 1. The molecule has 0 unspecified atom stereocenters. The maximum atomic E-state index is 10.8. The highest BCUT2D eigenvalue weighted by Gasteiger charge is 2.14. The Morgan fingerprint density at radius 1 is 1.50 bits per heavy atom. The molecule has 0 radical (unpaired) electrons. The zero-order chi connectivity index (χ0) is 14.2. The third-order valence-corrected chi connectivity index (χ3v) is 3.24. The first-order valence-electron chi connectivity index (χ1n) is 6.93. The molecule has 0 amide bonds. The summed E-state index contributed by atoms with van der Waals surface area (Å²) >= 11 is 0. The van der Waals surface area contributed by atoms with E-state index < -0.39 is 4.92 Å². The van der Waals surface area contributed by atoms with E-state index in [1.54, 1.807) is 12.1 Å². The summed E-state index contributed by atoms with van der Waals surface area (Å²) in [6.07, 6.45) is 4.70. The van der Waals surface area contributed by atoms with Crippen molar-refractivity contribution in [2.24, 2.45) is 0 Å². The van der Waals surface area contributed by atoms with Crippen molar-refractivity contribution in [3.8, 4) is 0 Å². The van der Waals surface area contributed by atoms with Gasteiger partial charge < -0.3 is 25.5 Å². The fourth-order valence-electron chi connectivity index (χ4n) is 2.19. The average Bonchev–Trinajstić information content (AvgIpc) is 2.48. The van der Waals surface area contributed by atoms with Crippen LogP contribution < -0.4 is 10.6 Å². The predicted molar refractivity (Wildman–Crippen MR) is 75.8 cm³/mol. The topological polar surface area (TPSA) is 89.3 Å². The second kappa shape index (κ2) is 7.76. The number of rotatable bonds is 7. The van der Waals surface area contributed by atoms with Gasteiger partial charge in [0.25, 0.3) is 0 Å². The zero-order valence-electron chi connectivity index (χ0n) is 11.4. The van der Waals surface area contributed by atoms with Gasteiger partial charge >= 0.3 is 5.82 Å². The Bertz CT molecular complexity index is 435. The largest absolute Gasteiger partial charge is 0.386 e. The number of hydrogen-bond acceptors (Lipinski definition) is 6. The minimum atomic E-state index is -0.478. The van der Waals surface area contributed by atoms with Crippen LogP contribution in [0.3, 0.4) is 0 Å². The standard InChI is InChI=1S/C13H20N4O3/c18-17(19)13-12(3-1-6-16-13)15-7-2-10-20-11-4-8-14-9-5-11/h1,3,6,11,14-15H,2,4-5,7-10H2. The quantitative estimate of drug-likeness (QED) is 0.447. The van der Waals surface area contributed by atoms with Gasteiger partial charge in [0.1, 0.15) is 11.9 Å². The van der Waals surface area contributed by atoms with E-state index in [9.17, 15) is 10.1 Å². The SMILES string of the molecule is O=[N+]([O-])c1ncccc1NCCCOC1CCNCC1. The van der Waals surface area contributed by atoms with Gasteiger partial charge in [-0.15, -0.1) is 0 Å². The van der Waals surface area contributed by atoms with Crippen LogP contribution in [0.25, 0.3) is 0 Å². The van der Waals surface area contributed by atoms with Crippen LogP contribution in [0.5, 0.6) is 0 Å². The first-order chi connectivity index (χ1) is 9.77. The Morgan fingerprint density at radius 3 is 3.05 bits per heavy atom. The van der Waals surface area contributed by atoms with Crippen LogP contribution in [0.1, 0.15) is 19.3 Å². The highest BCUT2D eigenvalue weighted by Crippen LogP contribution is 2.19. The molecule has 2 rings (SSSR count). The molecule has 1 fully saturated rings. The van der Waals surface area contributed by atoms with Gasteiger partial charge in [-0.05, 0) is 54.4 Å². The van der Waals surface area contributed by atoms with Crippen molar-refractivity contribution >= 4 is 11.5 Å². The molecule has 1 aliphatic rings. The molecule has 1 saturated heterocycles. The van der Waals surface area contributed by atoms with Crippen molar-refractivity contribution in [3.63, 3.8) is 0 Å². The van der Waals surface area contributed by atoms with E-state index in [-0.39, 0.29) is 5.82 Å². The van der Waals surface area contributed by atoms with Crippen LogP contribution >= 0.6 is 0 Å². The van der Waals surface area contributed by atoms with E-state index in [1.807, 2.05) is 0 Å². The first kappa shape index (κ1) is 14.7. The maximum Gasteiger partial charge on any atom is 0.386 e.